The summed E-state index contributed by atoms with van der Waals surface area (Å²) in [6.45, 7) is 0. The molecule has 3 nitrogen and oxygen atoms in total. The van der Waals surface area contributed by atoms with E-state index in [2.05, 4.69) is 26.8 Å². The maximum atomic E-state index is 4.33. The van der Waals surface area contributed by atoms with Gasteiger partial charge in [-0.2, -0.15) is 0 Å². The number of H-pyrrole nitrogens is 1. The second-order valence-electron chi connectivity index (χ2n) is 3.59. The topological polar surface area (TPSA) is 41.6 Å². The van der Waals surface area contributed by atoms with E-state index in [0.717, 1.165) is 16.6 Å². The first-order chi connectivity index (χ1) is 8.42. The van der Waals surface area contributed by atoms with Gasteiger partial charge >= 0.3 is 0 Å². The number of nitrogens with zero attached hydrogens (tertiary/aromatic N) is 2. The molecule has 0 fully saturated rings. The average Bonchev–Trinajstić information content (AvgIpc) is 2.85. The van der Waals surface area contributed by atoms with Crippen molar-refractivity contribution in [2.75, 3.05) is 0 Å². The molecule has 17 heavy (non-hydrogen) atoms. The van der Waals surface area contributed by atoms with Gasteiger partial charge in [0.1, 0.15) is 0 Å². The molecule has 0 aliphatic carbocycles. The van der Waals surface area contributed by atoms with E-state index in [4.69, 9.17) is 0 Å². The van der Waals surface area contributed by atoms with Gasteiger partial charge in [-0.05, 0) is 24.1 Å². The second-order valence-corrected chi connectivity index (χ2v) is 3.59. The number of fused-ring (bicyclic) bond motifs is 1. The molecule has 3 aromatic rings. The highest BCUT2D eigenvalue weighted by molar-refractivity contribution is 5.73. The van der Waals surface area contributed by atoms with E-state index in [-0.39, 0.29) is 0 Å². The Kier molecular flexibility index (Phi) is 2.32. The number of hydrogen-bond donors (Lipinski definition) is 1. The highest BCUT2D eigenvalue weighted by Gasteiger charge is 1.96. The van der Waals surface area contributed by atoms with Crippen LogP contribution in [-0.2, 0) is 0 Å². The van der Waals surface area contributed by atoms with Gasteiger partial charge in [-0.3, -0.25) is 0 Å². The molecule has 0 saturated heterocycles. The van der Waals surface area contributed by atoms with E-state index < -0.39 is 0 Å². The van der Waals surface area contributed by atoms with Crippen molar-refractivity contribution in [1.29, 1.82) is 0 Å². The SMILES string of the molecule is C(#Cc1ncc2[nH]ccc2n1)c1ccccc1. The molecule has 1 N–H and O–H groups in total. The minimum atomic E-state index is 0.543. The van der Waals surface area contributed by atoms with Gasteiger partial charge in [0, 0.05) is 11.8 Å². The van der Waals surface area contributed by atoms with Crippen molar-refractivity contribution >= 4 is 11.0 Å². The number of aromatic amines is 1. The summed E-state index contributed by atoms with van der Waals surface area (Å²) < 4.78 is 0. The zero-order valence-corrected chi connectivity index (χ0v) is 9.01. The fourth-order valence-corrected chi connectivity index (χ4v) is 1.55. The molecule has 0 saturated carbocycles. The molecule has 0 amide bonds. The Balaban J connectivity index is 1.97. The van der Waals surface area contributed by atoms with Crippen LogP contribution < -0.4 is 0 Å². The summed E-state index contributed by atoms with van der Waals surface area (Å²) in [5.74, 6) is 6.53. The van der Waals surface area contributed by atoms with Gasteiger partial charge in [-0.15, -0.1) is 0 Å². The largest absolute Gasteiger partial charge is 0.359 e. The molecule has 2 aromatic heterocycles. The lowest BCUT2D eigenvalue weighted by Crippen LogP contribution is -1.87. The first kappa shape index (κ1) is 9.61. The third-order valence-corrected chi connectivity index (χ3v) is 2.39. The summed E-state index contributed by atoms with van der Waals surface area (Å²) in [5, 5.41) is 0. The van der Waals surface area contributed by atoms with E-state index in [1.54, 1.807) is 6.20 Å². The molecule has 80 valence electrons. The number of benzene rings is 1. The van der Waals surface area contributed by atoms with E-state index in [1.807, 2.05) is 42.6 Å². The van der Waals surface area contributed by atoms with Crippen LogP contribution in [0.3, 0.4) is 0 Å². The lowest BCUT2D eigenvalue weighted by molar-refractivity contribution is 1.17. The van der Waals surface area contributed by atoms with Gasteiger partial charge < -0.3 is 4.98 Å². The zero-order valence-electron chi connectivity index (χ0n) is 9.01. The van der Waals surface area contributed by atoms with Gasteiger partial charge in [0.05, 0.1) is 17.2 Å². The fraction of sp³-hybridized carbons (Fsp3) is 0. The van der Waals surface area contributed by atoms with E-state index in [0.29, 0.717) is 5.82 Å². The van der Waals surface area contributed by atoms with Crippen molar-refractivity contribution in [3.63, 3.8) is 0 Å². The minimum absolute atomic E-state index is 0.543. The first-order valence-electron chi connectivity index (χ1n) is 5.29. The van der Waals surface area contributed by atoms with Gasteiger partial charge in [-0.25, -0.2) is 9.97 Å². The Morgan fingerprint density at radius 3 is 2.76 bits per heavy atom. The molecular formula is C14H9N3. The standard InChI is InChI=1S/C14H9N3/c1-2-4-11(5-3-1)6-7-14-16-10-13-12(17-14)8-9-15-13/h1-5,8-10,15H. The number of hydrogen-bond acceptors (Lipinski definition) is 2. The third-order valence-electron chi connectivity index (χ3n) is 2.39. The Labute approximate surface area is 98.5 Å². The summed E-state index contributed by atoms with van der Waals surface area (Å²) in [5.41, 5.74) is 2.78. The number of rotatable bonds is 0. The predicted octanol–water partition coefficient (Wildman–Crippen LogP) is 2.36. The summed E-state index contributed by atoms with van der Waals surface area (Å²) in [7, 11) is 0. The zero-order chi connectivity index (χ0) is 11.5. The highest BCUT2D eigenvalue weighted by Crippen LogP contribution is 2.06. The van der Waals surface area contributed by atoms with Crippen LogP contribution in [0.4, 0.5) is 0 Å². The van der Waals surface area contributed by atoms with Crippen LogP contribution in [0.2, 0.25) is 0 Å². The summed E-state index contributed by atoms with van der Waals surface area (Å²) in [6, 6.07) is 11.7. The van der Waals surface area contributed by atoms with Crippen molar-refractivity contribution in [3.8, 4) is 11.8 Å². The molecule has 0 unspecified atom stereocenters. The van der Waals surface area contributed by atoms with E-state index >= 15 is 0 Å². The van der Waals surface area contributed by atoms with Crippen LogP contribution in [0.25, 0.3) is 11.0 Å². The molecule has 0 aliphatic heterocycles. The summed E-state index contributed by atoms with van der Waals surface area (Å²) in [6.07, 6.45) is 3.59. The third kappa shape index (κ3) is 2.01. The smallest absolute Gasteiger partial charge is 0.205 e. The molecule has 2 heterocycles. The number of nitrogens with one attached hydrogen (secondary N) is 1. The van der Waals surface area contributed by atoms with Crippen LogP contribution in [0.15, 0.2) is 48.8 Å². The summed E-state index contributed by atoms with van der Waals surface area (Å²) in [4.78, 5) is 11.6. The van der Waals surface area contributed by atoms with E-state index in [9.17, 15) is 0 Å². The Morgan fingerprint density at radius 2 is 1.88 bits per heavy atom. The van der Waals surface area contributed by atoms with Crippen LogP contribution >= 0.6 is 0 Å². The normalized spacial score (nSPS) is 9.88. The maximum absolute atomic E-state index is 4.33. The Bertz CT molecular complexity index is 702. The lowest BCUT2D eigenvalue weighted by Gasteiger charge is -1.90. The van der Waals surface area contributed by atoms with Crippen LogP contribution in [-0.4, -0.2) is 15.0 Å². The van der Waals surface area contributed by atoms with Gasteiger partial charge in [0.2, 0.25) is 5.82 Å². The molecule has 0 aliphatic rings. The molecule has 0 atom stereocenters. The van der Waals surface area contributed by atoms with Crippen molar-refractivity contribution < 1.29 is 0 Å². The maximum Gasteiger partial charge on any atom is 0.205 e. The van der Waals surface area contributed by atoms with Crippen molar-refractivity contribution in [2.24, 2.45) is 0 Å². The molecule has 3 heteroatoms. The summed E-state index contributed by atoms with van der Waals surface area (Å²) >= 11 is 0. The first-order valence-corrected chi connectivity index (χ1v) is 5.29. The predicted molar refractivity (Wildman–Crippen MR) is 66.3 cm³/mol. The second kappa shape index (κ2) is 4.11. The molecule has 0 bridgehead atoms. The monoisotopic (exact) mass is 219 g/mol. The average molecular weight is 219 g/mol. The van der Waals surface area contributed by atoms with E-state index in [1.165, 1.54) is 0 Å². The van der Waals surface area contributed by atoms with Crippen molar-refractivity contribution in [1.82, 2.24) is 15.0 Å². The van der Waals surface area contributed by atoms with Crippen molar-refractivity contribution in [2.45, 2.75) is 0 Å². The van der Waals surface area contributed by atoms with Crippen LogP contribution in [0, 0.1) is 11.8 Å². The lowest BCUT2D eigenvalue weighted by atomic mass is 10.2. The van der Waals surface area contributed by atoms with Crippen LogP contribution in [0.1, 0.15) is 11.4 Å². The van der Waals surface area contributed by atoms with Gasteiger partial charge in [-0.1, -0.05) is 24.1 Å². The molecule has 0 radical (unpaired) electrons. The number of aromatic nitrogens is 3. The quantitative estimate of drug-likeness (QED) is 0.590. The molecule has 3 rings (SSSR count). The Morgan fingerprint density at radius 1 is 1.00 bits per heavy atom. The van der Waals surface area contributed by atoms with Crippen molar-refractivity contribution in [3.05, 3.63) is 60.2 Å². The highest BCUT2D eigenvalue weighted by atomic mass is 14.9. The molecule has 1 aromatic carbocycles. The Hall–Kier alpha value is -2.60. The van der Waals surface area contributed by atoms with Gasteiger partial charge in [0.15, 0.2) is 0 Å². The van der Waals surface area contributed by atoms with Crippen LogP contribution in [0.5, 0.6) is 0 Å². The molecular weight excluding hydrogens is 210 g/mol. The minimum Gasteiger partial charge on any atom is -0.359 e. The molecule has 0 spiro atoms. The fourth-order valence-electron chi connectivity index (χ4n) is 1.55. The van der Waals surface area contributed by atoms with Gasteiger partial charge in [0.25, 0.3) is 0 Å².